The zero-order chi connectivity index (χ0) is 23.0. The van der Waals surface area contributed by atoms with Crippen LogP contribution in [0.1, 0.15) is 39.5 Å². The Labute approximate surface area is 163 Å². The highest BCUT2D eigenvalue weighted by molar-refractivity contribution is 5.92. The molecule has 0 aliphatic heterocycles. The Kier molecular flexibility index (Phi) is 10.1. The lowest BCUT2D eigenvalue weighted by atomic mass is 10.0. The standard InChI is InChI=1S/C16H25F6N3O4/c1-14(2,28-3)13(27)25-9(6-4-5-7-11(23)24)10(26)8-29-12(15(17,18)19)16(20,21)22/h9,12H,4-8H2,1-3H3,(H3,23,24)(H,25,27)/t9-/m0/s1. The number of carbonyl (C=O) groups is 2. The zero-order valence-corrected chi connectivity index (χ0v) is 16.2. The molecule has 0 unspecified atom stereocenters. The Morgan fingerprint density at radius 1 is 1.07 bits per heavy atom. The van der Waals surface area contributed by atoms with Gasteiger partial charge in [0.05, 0.1) is 11.9 Å². The van der Waals surface area contributed by atoms with Gasteiger partial charge in [0.15, 0.2) is 5.78 Å². The second kappa shape index (κ2) is 10.8. The molecule has 0 aromatic heterocycles. The first kappa shape index (κ1) is 27.1. The van der Waals surface area contributed by atoms with Crippen LogP contribution in [0.25, 0.3) is 0 Å². The van der Waals surface area contributed by atoms with Crippen molar-refractivity contribution in [2.45, 2.75) is 69.6 Å². The van der Waals surface area contributed by atoms with Gasteiger partial charge in [0.25, 0.3) is 5.91 Å². The molecule has 170 valence electrons. The molecule has 29 heavy (non-hydrogen) atoms. The number of amides is 1. The molecule has 1 atom stereocenters. The monoisotopic (exact) mass is 437 g/mol. The third kappa shape index (κ3) is 9.92. The van der Waals surface area contributed by atoms with Crippen LogP contribution in [0.2, 0.25) is 0 Å². The summed E-state index contributed by atoms with van der Waals surface area (Å²) in [6.07, 6.45) is -15.0. The van der Waals surface area contributed by atoms with E-state index in [2.05, 4.69) is 10.1 Å². The van der Waals surface area contributed by atoms with Gasteiger partial charge >= 0.3 is 12.4 Å². The molecule has 0 aromatic rings. The first-order valence-electron chi connectivity index (χ1n) is 8.49. The highest BCUT2D eigenvalue weighted by Crippen LogP contribution is 2.35. The smallest absolute Gasteiger partial charge is 0.388 e. The Hall–Kier alpha value is -1.89. The maximum atomic E-state index is 12.5. The molecule has 0 spiro atoms. The van der Waals surface area contributed by atoms with Crippen molar-refractivity contribution in [2.24, 2.45) is 5.73 Å². The van der Waals surface area contributed by atoms with Crippen molar-refractivity contribution >= 4 is 17.5 Å². The van der Waals surface area contributed by atoms with Crippen LogP contribution in [-0.4, -0.2) is 61.3 Å². The summed E-state index contributed by atoms with van der Waals surface area (Å²) in [7, 11) is 1.21. The van der Waals surface area contributed by atoms with Gasteiger partial charge in [0, 0.05) is 13.5 Å². The number of amidine groups is 1. The summed E-state index contributed by atoms with van der Waals surface area (Å²) in [5.41, 5.74) is 3.79. The number of rotatable bonds is 12. The number of Topliss-reactive ketones (excluding diaryl/α,β-unsaturated/α-hetero) is 1. The van der Waals surface area contributed by atoms with Gasteiger partial charge in [0.2, 0.25) is 6.10 Å². The summed E-state index contributed by atoms with van der Waals surface area (Å²) < 4.78 is 83.9. The van der Waals surface area contributed by atoms with Crippen molar-refractivity contribution in [1.82, 2.24) is 5.32 Å². The van der Waals surface area contributed by atoms with E-state index in [9.17, 15) is 35.9 Å². The Morgan fingerprint density at radius 2 is 1.59 bits per heavy atom. The lowest BCUT2D eigenvalue weighted by Gasteiger charge is -2.27. The molecule has 0 aliphatic carbocycles. The topological polar surface area (TPSA) is 115 Å². The number of ether oxygens (including phenoxy) is 2. The van der Waals surface area contributed by atoms with Crippen LogP contribution in [0.5, 0.6) is 0 Å². The summed E-state index contributed by atoms with van der Waals surface area (Å²) in [5, 5.41) is 9.36. The van der Waals surface area contributed by atoms with Crippen LogP contribution >= 0.6 is 0 Å². The predicted octanol–water partition coefficient (Wildman–Crippen LogP) is 2.47. The van der Waals surface area contributed by atoms with Gasteiger partial charge in [-0.25, -0.2) is 0 Å². The van der Waals surface area contributed by atoms with Crippen molar-refractivity contribution in [3.05, 3.63) is 0 Å². The number of nitrogens with one attached hydrogen (secondary N) is 2. The predicted molar refractivity (Wildman–Crippen MR) is 90.3 cm³/mol. The molecular formula is C16H25F6N3O4. The number of hydrogen-bond donors (Lipinski definition) is 3. The lowest BCUT2D eigenvalue weighted by molar-refractivity contribution is -0.319. The zero-order valence-electron chi connectivity index (χ0n) is 16.2. The fraction of sp³-hybridized carbons (Fsp3) is 0.812. The lowest BCUT2D eigenvalue weighted by Crippen LogP contribution is -2.52. The number of unbranched alkanes of at least 4 members (excludes halogenated alkanes) is 1. The summed E-state index contributed by atoms with van der Waals surface area (Å²) in [5.74, 6) is -2.07. The average Bonchev–Trinajstić information content (AvgIpc) is 2.54. The number of ketones is 1. The molecule has 0 fully saturated rings. The molecule has 0 rings (SSSR count). The van der Waals surface area contributed by atoms with Gasteiger partial charge in [-0.1, -0.05) is 6.42 Å². The number of alkyl halides is 6. The molecule has 0 radical (unpaired) electrons. The summed E-state index contributed by atoms with van der Waals surface area (Å²) >= 11 is 0. The molecular weight excluding hydrogens is 412 g/mol. The van der Waals surface area contributed by atoms with E-state index in [-0.39, 0.29) is 25.1 Å². The van der Waals surface area contributed by atoms with Crippen LogP contribution in [0, 0.1) is 5.41 Å². The van der Waals surface area contributed by atoms with Crippen molar-refractivity contribution in [1.29, 1.82) is 5.41 Å². The van der Waals surface area contributed by atoms with E-state index in [1.807, 2.05) is 0 Å². The van der Waals surface area contributed by atoms with Gasteiger partial charge in [-0.05, 0) is 26.7 Å². The fourth-order valence-electron chi connectivity index (χ4n) is 2.04. The van der Waals surface area contributed by atoms with Gasteiger partial charge < -0.3 is 20.5 Å². The maximum absolute atomic E-state index is 12.5. The Bertz CT molecular complexity index is 564. The molecule has 0 aliphatic rings. The largest absolute Gasteiger partial charge is 0.423 e. The van der Waals surface area contributed by atoms with Crippen LogP contribution in [0.15, 0.2) is 0 Å². The van der Waals surface area contributed by atoms with Crippen molar-refractivity contribution in [2.75, 3.05) is 13.7 Å². The summed E-state index contributed by atoms with van der Waals surface area (Å²) in [6.45, 7) is 1.22. The van der Waals surface area contributed by atoms with E-state index < -0.39 is 48.4 Å². The van der Waals surface area contributed by atoms with E-state index in [1.54, 1.807) is 0 Å². The SMILES string of the molecule is COC(C)(C)C(=O)N[C@@H](CCCCC(=N)N)C(=O)COC(C(F)(F)F)C(F)(F)F. The van der Waals surface area contributed by atoms with E-state index >= 15 is 0 Å². The second-order valence-electron chi connectivity index (χ2n) is 6.75. The van der Waals surface area contributed by atoms with Crippen LogP contribution in [0.3, 0.4) is 0 Å². The quantitative estimate of drug-likeness (QED) is 0.188. The molecule has 7 nitrogen and oxygen atoms in total. The van der Waals surface area contributed by atoms with Crippen molar-refractivity contribution in [3.8, 4) is 0 Å². The number of methoxy groups -OCH3 is 1. The third-order valence-electron chi connectivity index (χ3n) is 3.93. The molecule has 13 heteroatoms. The van der Waals surface area contributed by atoms with E-state index in [4.69, 9.17) is 15.9 Å². The summed E-state index contributed by atoms with van der Waals surface area (Å²) in [4.78, 5) is 24.4. The van der Waals surface area contributed by atoms with Gasteiger partial charge in [0.1, 0.15) is 12.2 Å². The van der Waals surface area contributed by atoms with Crippen molar-refractivity contribution < 1.29 is 45.4 Å². The first-order chi connectivity index (χ1) is 13.0. The van der Waals surface area contributed by atoms with E-state index in [0.717, 1.165) is 0 Å². The van der Waals surface area contributed by atoms with E-state index in [1.165, 1.54) is 21.0 Å². The number of nitrogens with two attached hydrogens (primary N) is 1. The molecule has 0 saturated carbocycles. The fourth-order valence-corrected chi connectivity index (χ4v) is 2.04. The molecule has 0 heterocycles. The van der Waals surface area contributed by atoms with Gasteiger partial charge in [-0.15, -0.1) is 0 Å². The normalized spacial score (nSPS) is 14.0. The molecule has 1 amide bonds. The molecule has 0 saturated heterocycles. The highest BCUT2D eigenvalue weighted by atomic mass is 19.4. The van der Waals surface area contributed by atoms with Crippen LogP contribution in [0.4, 0.5) is 26.3 Å². The molecule has 0 bridgehead atoms. The number of hydrogen-bond acceptors (Lipinski definition) is 5. The van der Waals surface area contributed by atoms with Crippen molar-refractivity contribution in [3.63, 3.8) is 0 Å². The van der Waals surface area contributed by atoms with Crippen LogP contribution < -0.4 is 11.1 Å². The van der Waals surface area contributed by atoms with Gasteiger partial charge in [-0.2, -0.15) is 26.3 Å². The molecule has 0 aromatic carbocycles. The van der Waals surface area contributed by atoms with Gasteiger partial charge in [-0.3, -0.25) is 15.0 Å². The summed E-state index contributed by atoms with van der Waals surface area (Å²) in [6, 6.07) is -1.40. The third-order valence-corrected chi connectivity index (χ3v) is 3.93. The minimum absolute atomic E-state index is 0.0935. The minimum atomic E-state index is -5.75. The average molecular weight is 437 g/mol. The van der Waals surface area contributed by atoms with Crippen LogP contribution in [-0.2, 0) is 19.1 Å². The number of carbonyl (C=O) groups excluding carboxylic acids is 2. The highest BCUT2D eigenvalue weighted by Gasteiger charge is 2.58. The minimum Gasteiger partial charge on any atom is -0.388 e. The van der Waals surface area contributed by atoms with E-state index in [0.29, 0.717) is 6.42 Å². The first-order valence-corrected chi connectivity index (χ1v) is 8.49. The Balaban J connectivity index is 5.20. The Morgan fingerprint density at radius 3 is 2.00 bits per heavy atom. The molecule has 4 N–H and O–H groups in total. The maximum Gasteiger partial charge on any atom is 0.423 e. The second-order valence-corrected chi connectivity index (χ2v) is 6.75. The number of halogens is 6.